The molecule has 0 bridgehead atoms. The molecule has 0 aromatic heterocycles. The van der Waals surface area contributed by atoms with Crippen molar-refractivity contribution in [3.05, 3.63) is 12.2 Å². The van der Waals surface area contributed by atoms with Crippen molar-refractivity contribution in [2.75, 3.05) is 13.2 Å². The normalized spacial score (nSPS) is 8.31. The Bertz CT molecular complexity index is 142. The van der Waals surface area contributed by atoms with Gasteiger partial charge in [0, 0.05) is 5.57 Å². The first-order valence-corrected chi connectivity index (χ1v) is 4.62. The van der Waals surface area contributed by atoms with Crippen molar-refractivity contribution in [1.82, 2.24) is 0 Å². The molecule has 0 saturated carbocycles. The molecule has 0 radical (unpaired) electrons. The largest absolute Gasteiger partial charge is 0.462 e. The van der Waals surface area contributed by atoms with Crippen molar-refractivity contribution in [3.8, 4) is 0 Å². The molecular formula is C10H21NO2. The maximum atomic E-state index is 10.6. The molecule has 0 fully saturated rings. The topological polar surface area (TPSA) is 52.3 Å². The molecule has 0 aliphatic carbocycles. The molecule has 0 spiro atoms. The molecule has 0 heterocycles. The molecule has 0 atom stereocenters. The monoisotopic (exact) mass is 187 g/mol. The smallest absolute Gasteiger partial charge is 0.333 e. The lowest BCUT2D eigenvalue weighted by Gasteiger charge is -1.99. The number of carbonyl (C=O) groups is 1. The van der Waals surface area contributed by atoms with Crippen LogP contribution in [0, 0.1) is 0 Å². The zero-order valence-corrected chi connectivity index (χ0v) is 8.93. The van der Waals surface area contributed by atoms with Crippen LogP contribution in [0.3, 0.4) is 0 Å². The fourth-order valence-corrected chi connectivity index (χ4v) is 0.318. The van der Waals surface area contributed by atoms with Crippen LogP contribution in [0.15, 0.2) is 12.2 Å². The summed E-state index contributed by atoms with van der Waals surface area (Å²) in [5.74, 6) is -0.295. The molecule has 13 heavy (non-hydrogen) atoms. The zero-order chi connectivity index (χ0) is 10.7. The first kappa shape index (κ1) is 14.7. The van der Waals surface area contributed by atoms with E-state index in [-0.39, 0.29) is 5.97 Å². The average Bonchev–Trinajstić information content (AvgIpc) is 2.14. The molecule has 0 aliphatic heterocycles. The lowest BCUT2D eigenvalue weighted by Crippen LogP contribution is -2.04. The second-order valence-electron chi connectivity index (χ2n) is 2.70. The molecular weight excluding hydrogens is 166 g/mol. The van der Waals surface area contributed by atoms with E-state index in [1.807, 2.05) is 6.92 Å². The van der Waals surface area contributed by atoms with E-state index in [9.17, 15) is 4.79 Å². The minimum Gasteiger partial charge on any atom is -0.462 e. The van der Waals surface area contributed by atoms with Crippen LogP contribution in [-0.4, -0.2) is 19.1 Å². The van der Waals surface area contributed by atoms with Crippen molar-refractivity contribution < 1.29 is 9.53 Å². The number of rotatable bonds is 4. The van der Waals surface area contributed by atoms with Crippen LogP contribution in [0.25, 0.3) is 0 Å². The summed E-state index contributed by atoms with van der Waals surface area (Å²) < 4.78 is 4.71. The van der Waals surface area contributed by atoms with Crippen molar-refractivity contribution in [2.45, 2.75) is 33.6 Å². The van der Waals surface area contributed by atoms with Crippen LogP contribution < -0.4 is 5.73 Å². The molecule has 0 aromatic carbocycles. The Kier molecular flexibility index (Phi) is 12.6. The maximum Gasteiger partial charge on any atom is 0.333 e. The highest BCUT2D eigenvalue weighted by molar-refractivity contribution is 5.86. The van der Waals surface area contributed by atoms with Gasteiger partial charge in [0.2, 0.25) is 0 Å². The molecule has 0 amide bonds. The summed E-state index contributed by atoms with van der Waals surface area (Å²) in [4.78, 5) is 10.6. The maximum absolute atomic E-state index is 10.6. The van der Waals surface area contributed by atoms with E-state index >= 15 is 0 Å². The minimum atomic E-state index is -0.295. The van der Waals surface area contributed by atoms with Gasteiger partial charge in [-0.3, -0.25) is 0 Å². The predicted molar refractivity (Wildman–Crippen MR) is 55.4 cm³/mol. The summed E-state index contributed by atoms with van der Waals surface area (Å²) in [6, 6.07) is 0. The highest BCUT2D eigenvalue weighted by Gasteiger charge is 1.99. The Balaban J connectivity index is 0. The van der Waals surface area contributed by atoms with E-state index in [1.54, 1.807) is 6.92 Å². The predicted octanol–water partition coefficient (Wildman–Crippen LogP) is 1.87. The third kappa shape index (κ3) is 14.1. The third-order valence-corrected chi connectivity index (χ3v) is 1.07. The summed E-state index contributed by atoms with van der Waals surface area (Å²) in [6.07, 6.45) is 1.96. The van der Waals surface area contributed by atoms with Crippen LogP contribution >= 0.6 is 0 Å². The van der Waals surface area contributed by atoms with Gasteiger partial charge < -0.3 is 10.5 Å². The van der Waals surface area contributed by atoms with E-state index < -0.39 is 0 Å². The number of carbonyl (C=O) groups excluding carboxylic acids is 1. The molecule has 0 aliphatic rings. The van der Waals surface area contributed by atoms with Gasteiger partial charge >= 0.3 is 5.97 Å². The first-order valence-electron chi connectivity index (χ1n) is 4.62. The van der Waals surface area contributed by atoms with E-state index in [2.05, 4.69) is 13.5 Å². The van der Waals surface area contributed by atoms with Gasteiger partial charge in [-0.05, 0) is 26.3 Å². The quantitative estimate of drug-likeness (QED) is 0.540. The highest BCUT2D eigenvalue weighted by atomic mass is 16.5. The van der Waals surface area contributed by atoms with Crippen molar-refractivity contribution in [3.63, 3.8) is 0 Å². The van der Waals surface area contributed by atoms with Crippen LogP contribution in [0.1, 0.15) is 33.6 Å². The zero-order valence-electron chi connectivity index (χ0n) is 8.93. The van der Waals surface area contributed by atoms with Crippen LogP contribution in [0.2, 0.25) is 0 Å². The summed E-state index contributed by atoms with van der Waals surface area (Å²) in [5, 5.41) is 0. The molecule has 0 unspecified atom stereocenters. The molecule has 0 saturated heterocycles. The second-order valence-corrected chi connectivity index (χ2v) is 2.70. The SMILES string of the molecule is C=C(C)C(=O)OCCC.CCCN. The Morgan fingerprint density at radius 2 is 1.85 bits per heavy atom. The molecule has 2 N–H and O–H groups in total. The van der Waals surface area contributed by atoms with E-state index in [1.165, 1.54) is 0 Å². The van der Waals surface area contributed by atoms with E-state index in [0.717, 1.165) is 19.4 Å². The minimum absolute atomic E-state index is 0.295. The van der Waals surface area contributed by atoms with Gasteiger partial charge in [0.25, 0.3) is 0 Å². The summed E-state index contributed by atoms with van der Waals surface area (Å²) in [7, 11) is 0. The summed E-state index contributed by atoms with van der Waals surface area (Å²) in [6.45, 7) is 10.4. The van der Waals surface area contributed by atoms with Crippen LogP contribution in [0.5, 0.6) is 0 Å². The summed E-state index contributed by atoms with van der Waals surface area (Å²) in [5.41, 5.74) is 5.49. The van der Waals surface area contributed by atoms with Crippen LogP contribution in [0.4, 0.5) is 0 Å². The number of esters is 1. The number of ether oxygens (including phenoxy) is 1. The standard InChI is InChI=1S/C7H12O2.C3H9N/c1-4-5-9-7(8)6(2)3;1-2-3-4/h2,4-5H2,1,3H3;2-4H2,1H3. The van der Waals surface area contributed by atoms with Crippen molar-refractivity contribution in [2.24, 2.45) is 5.73 Å². The van der Waals surface area contributed by atoms with Gasteiger partial charge in [0.1, 0.15) is 0 Å². The first-order chi connectivity index (χ1) is 6.09. The van der Waals surface area contributed by atoms with Gasteiger partial charge in [0.15, 0.2) is 0 Å². The number of hydrogen-bond acceptors (Lipinski definition) is 3. The molecule has 78 valence electrons. The van der Waals surface area contributed by atoms with Gasteiger partial charge in [-0.15, -0.1) is 0 Å². The van der Waals surface area contributed by atoms with Crippen molar-refractivity contribution >= 4 is 5.97 Å². The van der Waals surface area contributed by atoms with E-state index in [4.69, 9.17) is 10.5 Å². The van der Waals surface area contributed by atoms with Gasteiger partial charge in [0.05, 0.1) is 6.61 Å². The molecule has 3 nitrogen and oxygen atoms in total. The average molecular weight is 187 g/mol. The lowest BCUT2D eigenvalue weighted by atomic mass is 10.4. The fraction of sp³-hybridized carbons (Fsp3) is 0.700. The summed E-state index contributed by atoms with van der Waals surface area (Å²) >= 11 is 0. The van der Waals surface area contributed by atoms with E-state index in [0.29, 0.717) is 12.2 Å². The van der Waals surface area contributed by atoms with Crippen LogP contribution in [-0.2, 0) is 9.53 Å². The number of hydrogen-bond donors (Lipinski definition) is 1. The highest BCUT2D eigenvalue weighted by Crippen LogP contribution is 1.91. The second kappa shape index (κ2) is 11.2. The fourth-order valence-electron chi connectivity index (χ4n) is 0.318. The van der Waals surface area contributed by atoms with Gasteiger partial charge in [-0.2, -0.15) is 0 Å². The third-order valence-electron chi connectivity index (χ3n) is 1.07. The Labute approximate surface area is 81.0 Å². The Morgan fingerprint density at radius 1 is 1.38 bits per heavy atom. The van der Waals surface area contributed by atoms with Crippen molar-refractivity contribution in [1.29, 1.82) is 0 Å². The molecule has 0 rings (SSSR count). The Morgan fingerprint density at radius 3 is 2.08 bits per heavy atom. The lowest BCUT2D eigenvalue weighted by molar-refractivity contribution is -0.138. The molecule has 0 aromatic rings. The van der Waals surface area contributed by atoms with Gasteiger partial charge in [-0.25, -0.2) is 4.79 Å². The Hall–Kier alpha value is -0.830. The number of nitrogens with two attached hydrogens (primary N) is 1. The molecule has 3 heteroatoms. The van der Waals surface area contributed by atoms with Gasteiger partial charge in [-0.1, -0.05) is 20.4 Å².